The molecule has 5 nitrogen and oxygen atoms in total. The largest absolute Gasteiger partial charge is 0.480 e. The van der Waals surface area contributed by atoms with Crippen LogP contribution in [0.25, 0.3) is 0 Å². The average molecular weight is 248 g/mol. The lowest BCUT2D eigenvalue weighted by molar-refractivity contribution is -0.135. The van der Waals surface area contributed by atoms with Crippen LogP contribution in [-0.2, 0) is 4.79 Å². The zero-order valence-electron chi connectivity index (χ0n) is 10.2. The molecule has 1 aliphatic rings. The molecule has 0 aliphatic heterocycles. The summed E-state index contributed by atoms with van der Waals surface area (Å²) in [5.74, 6) is -1.03. The van der Waals surface area contributed by atoms with E-state index in [9.17, 15) is 9.59 Å². The summed E-state index contributed by atoms with van der Waals surface area (Å²) >= 11 is 0. The lowest BCUT2D eigenvalue weighted by Gasteiger charge is -2.21. The van der Waals surface area contributed by atoms with Crippen LogP contribution in [0.1, 0.15) is 18.4 Å². The molecule has 1 fully saturated rings. The third kappa shape index (κ3) is 3.23. The Bertz CT molecular complexity index is 452. The highest BCUT2D eigenvalue weighted by atomic mass is 16.4. The van der Waals surface area contributed by atoms with Crippen LogP contribution in [0.4, 0.5) is 10.5 Å². The Morgan fingerprint density at radius 3 is 2.44 bits per heavy atom. The third-order valence-electron chi connectivity index (χ3n) is 2.79. The van der Waals surface area contributed by atoms with Gasteiger partial charge in [-0.1, -0.05) is 17.7 Å². The Hall–Kier alpha value is -2.04. The fourth-order valence-electron chi connectivity index (χ4n) is 1.62. The molecule has 0 spiro atoms. The topological polar surface area (TPSA) is 69.6 Å². The third-order valence-corrected chi connectivity index (χ3v) is 2.79. The zero-order chi connectivity index (χ0) is 13.1. The van der Waals surface area contributed by atoms with Gasteiger partial charge in [-0.05, 0) is 31.9 Å². The number of carbonyl (C=O) groups excluding carboxylic acids is 1. The number of amides is 2. The molecular formula is C13H16N2O3. The smallest absolute Gasteiger partial charge is 0.323 e. The molecule has 2 amide bonds. The Labute approximate surface area is 105 Å². The van der Waals surface area contributed by atoms with Gasteiger partial charge in [0, 0.05) is 11.7 Å². The number of hydrogen-bond acceptors (Lipinski definition) is 2. The van der Waals surface area contributed by atoms with Crippen LogP contribution in [-0.4, -0.2) is 29.7 Å². The molecule has 96 valence electrons. The second-order valence-corrected chi connectivity index (χ2v) is 4.54. The maximum absolute atomic E-state index is 12.0. The predicted molar refractivity (Wildman–Crippen MR) is 67.7 cm³/mol. The van der Waals surface area contributed by atoms with Gasteiger partial charge in [0.2, 0.25) is 0 Å². The summed E-state index contributed by atoms with van der Waals surface area (Å²) in [6.45, 7) is 1.61. The van der Waals surface area contributed by atoms with Crippen LogP contribution in [0.2, 0.25) is 0 Å². The van der Waals surface area contributed by atoms with Crippen LogP contribution < -0.4 is 10.2 Å². The molecule has 0 saturated heterocycles. The van der Waals surface area contributed by atoms with Crippen molar-refractivity contribution in [1.29, 1.82) is 0 Å². The van der Waals surface area contributed by atoms with Gasteiger partial charge in [0.25, 0.3) is 0 Å². The fraction of sp³-hybridized carbons (Fsp3) is 0.385. The highest BCUT2D eigenvalue weighted by Gasteiger charge is 2.27. The van der Waals surface area contributed by atoms with E-state index in [0.29, 0.717) is 5.69 Å². The molecule has 1 aromatic rings. The first-order valence-electron chi connectivity index (χ1n) is 5.93. The minimum Gasteiger partial charge on any atom is -0.480 e. The van der Waals surface area contributed by atoms with Gasteiger partial charge >= 0.3 is 12.0 Å². The first-order chi connectivity index (χ1) is 8.56. The molecule has 5 heteroatoms. The van der Waals surface area contributed by atoms with Crippen LogP contribution in [0, 0.1) is 6.92 Å². The molecule has 1 aromatic carbocycles. The van der Waals surface area contributed by atoms with Crippen LogP contribution >= 0.6 is 0 Å². The molecule has 0 heterocycles. The van der Waals surface area contributed by atoms with Gasteiger partial charge in [-0.25, -0.2) is 4.79 Å². The molecule has 1 saturated carbocycles. The van der Waals surface area contributed by atoms with E-state index < -0.39 is 5.97 Å². The molecule has 0 unspecified atom stereocenters. The van der Waals surface area contributed by atoms with E-state index in [4.69, 9.17) is 5.11 Å². The molecule has 2 N–H and O–H groups in total. The maximum atomic E-state index is 12.0. The Kier molecular flexibility index (Phi) is 3.50. The van der Waals surface area contributed by atoms with E-state index in [1.54, 1.807) is 12.1 Å². The van der Waals surface area contributed by atoms with E-state index in [1.165, 1.54) is 4.90 Å². The van der Waals surface area contributed by atoms with Gasteiger partial charge in [-0.3, -0.25) is 9.69 Å². The number of anilines is 1. The Morgan fingerprint density at radius 1 is 1.33 bits per heavy atom. The van der Waals surface area contributed by atoms with Crippen molar-refractivity contribution in [2.24, 2.45) is 0 Å². The van der Waals surface area contributed by atoms with E-state index in [1.807, 2.05) is 19.1 Å². The summed E-state index contributed by atoms with van der Waals surface area (Å²) in [6, 6.07) is 7.08. The summed E-state index contributed by atoms with van der Waals surface area (Å²) in [5, 5.41) is 11.7. The monoisotopic (exact) mass is 248 g/mol. The van der Waals surface area contributed by atoms with Crippen molar-refractivity contribution in [3.05, 3.63) is 29.8 Å². The maximum Gasteiger partial charge on any atom is 0.323 e. The highest BCUT2D eigenvalue weighted by molar-refractivity contribution is 5.96. The molecule has 1 aliphatic carbocycles. The predicted octanol–water partition coefficient (Wildman–Crippen LogP) is 1.76. The summed E-state index contributed by atoms with van der Waals surface area (Å²) in [4.78, 5) is 24.1. The van der Waals surface area contributed by atoms with Crippen LogP contribution in [0.3, 0.4) is 0 Å². The molecule has 18 heavy (non-hydrogen) atoms. The second-order valence-electron chi connectivity index (χ2n) is 4.54. The summed E-state index contributed by atoms with van der Waals surface area (Å²) in [6.07, 6.45) is 1.95. The van der Waals surface area contributed by atoms with Crippen molar-refractivity contribution < 1.29 is 14.7 Å². The van der Waals surface area contributed by atoms with Crippen molar-refractivity contribution in [2.45, 2.75) is 25.8 Å². The van der Waals surface area contributed by atoms with Gasteiger partial charge in [-0.15, -0.1) is 0 Å². The quantitative estimate of drug-likeness (QED) is 0.853. The summed E-state index contributed by atoms with van der Waals surface area (Å²) < 4.78 is 0. The SMILES string of the molecule is Cc1ccc(N(CC(=O)O)C(=O)NC2CC2)cc1. The normalized spacial score (nSPS) is 14.1. The number of carboxylic acid groups (broad SMARTS) is 1. The van der Waals surface area contributed by atoms with Crippen molar-refractivity contribution in [2.75, 3.05) is 11.4 Å². The van der Waals surface area contributed by atoms with Gasteiger partial charge < -0.3 is 10.4 Å². The summed E-state index contributed by atoms with van der Waals surface area (Å²) in [7, 11) is 0. The molecular weight excluding hydrogens is 232 g/mol. The van der Waals surface area contributed by atoms with Crippen LogP contribution in [0.5, 0.6) is 0 Å². The number of nitrogens with one attached hydrogen (secondary N) is 1. The van der Waals surface area contributed by atoms with E-state index >= 15 is 0 Å². The minimum atomic E-state index is -1.03. The molecule has 0 bridgehead atoms. The lowest BCUT2D eigenvalue weighted by Crippen LogP contribution is -2.43. The first-order valence-corrected chi connectivity index (χ1v) is 5.93. The number of aliphatic carboxylic acids is 1. The number of hydrogen-bond donors (Lipinski definition) is 2. The number of carboxylic acids is 1. The Morgan fingerprint density at radius 2 is 1.94 bits per heavy atom. The minimum absolute atomic E-state index is 0.208. The van der Waals surface area contributed by atoms with Gasteiger partial charge in [0.1, 0.15) is 6.54 Å². The van der Waals surface area contributed by atoms with Crippen molar-refractivity contribution in [1.82, 2.24) is 5.32 Å². The molecule has 0 radical (unpaired) electrons. The van der Waals surface area contributed by atoms with Gasteiger partial charge in [-0.2, -0.15) is 0 Å². The number of benzene rings is 1. The summed E-state index contributed by atoms with van der Waals surface area (Å²) in [5.41, 5.74) is 1.66. The highest BCUT2D eigenvalue weighted by Crippen LogP contribution is 2.21. The van der Waals surface area contributed by atoms with Crippen LogP contribution in [0.15, 0.2) is 24.3 Å². The number of urea groups is 1. The second kappa shape index (κ2) is 5.08. The van der Waals surface area contributed by atoms with Gasteiger partial charge in [0.15, 0.2) is 0 Å². The lowest BCUT2D eigenvalue weighted by atomic mass is 10.2. The number of nitrogens with zero attached hydrogens (tertiary/aromatic N) is 1. The number of rotatable bonds is 4. The average Bonchev–Trinajstić information content (AvgIpc) is 3.11. The molecule has 2 rings (SSSR count). The van der Waals surface area contributed by atoms with Gasteiger partial charge in [0.05, 0.1) is 0 Å². The van der Waals surface area contributed by atoms with E-state index in [2.05, 4.69) is 5.32 Å². The number of carbonyl (C=O) groups is 2. The van der Waals surface area contributed by atoms with Crippen molar-refractivity contribution >= 4 is 17.7 Å². The molecule has 0 aromatic heterocycles. The van der Waals surface area contributed by atoms with Crippen molar-refractivity contribution in [3.63, 3.8) is 0 Å². The standard InChI is InChI=1S/C13H16N2O3/c1-9-2-6-11(7-3-9)15(8-12(16)17)13(18)14-10-4-5-10/h2-3,6-7,10H,4-5,8H2,1H3,(H,14,18)(H,16,17). The number of aryl methyl sites for hydroxylation is 1. The first kappa shape index (κ1) is 12.4. The van der Waals surface area contributed by atoms with E-state index in [0.717, 1.165) is 18.4 Å². The van der Waals surface area contributed by atoms with E-state index in [-0.39, 0.29) is 18.6 Å². The van der Waals surface area contributed by atoms with Crippen molar-refractivity contribution in [3.8, 4) is 0 Å². The molecule has 0 atom stereocenters. The Balaban J connectivity index is 2.14. The zero-order valence-corrected chi connectivity index (χ0v) is 10.2. The fourth-order valence-corrected chi connectivity index (χ4v) is 1.62.